The first-order chi connectivity index (χ1) is 5.75. The molecule has 0 unspecified atom stereocenters. The number of nitrogens with one attached hydrogen (secondary N) is 1. The van der Waals surface area contributed by atoms with Crippen LogP contribution in [-0.4, -0.2) is 21.0 Å². The Morgan fingerprint density at radius 2 is 2.50 bits per heavy atom. The number of carboxylic acid groups (broad SMARTS) is 1. The van der Waals surface area contributed by atoms with Crippen LogP contribution in [0.2, 0.25) is 0 Å². The van der Waals surface area contributed by atoms with E-state index in [2.05, 4.69) is 9.97 Å². The fourth-order valence-corrected chi connectivity index (χ4v) is 1.21. The van der Waals surface area contributed by atoms with Crippen molar-refractivity contribution in [3.05, 3.63) is 17.7 Å². The Kier molecular flexibility index (Phi) is 1.60. The van der Waals surface area contributed by atoms with Crippen LogP contribution in [0.15, 0.2) is 6.20 Å². The number of nitrogens with zero attached hydrogens (tertiary/aromatic N) is 1. The summed E-state index contributed by atoms with van der Waals surface area (Å²) in [6.07, 6.45) is 4.14. The zero-order valence-corrected chi connectivity index (χ0v) is 6.58. The number of H-pyrrole nitrogens is 1. The van der Waals surface area contributed by atoms with Gasteiger partial charge in [0.2, 0.25) is 0 Å². The van der Waals surface area contributed by atoms with Crippen molar-refractivity contribution in [1.29, 1.82) is 0 Å². The second-order valence-electron chi connectivity index (χ2n) is 3.13. The average molecular weight is 166 g/mol. The minimum Gasteiger partial charge on any atom is -0.481 e. The van der Waals surface area contributed by atoms with Gasteiger partial charge in [-0.3, -0.25) is 4.79 Å². The Labute approximate surface area is 69.6 Å². The zero-order valence-electron chi connectivity index (χ0n) is 6.58. The van der Waals surface area contributed by atoms with Crippen LogP contribution in [-0.2, 0) is 11.2 Å². The van der Waals surface area contributed by atoms with Crippen molar-refractivity contribution >= 4 is 5.97 Å². The molecule has 1 heterocycles. The van der Waals surface area contributed by atoms with Crippen LogP contribution in [0.5, 0.6) is 0 Å². The van der Waals surface area contributed by atoms with Gasteiger partial charge in [-0.1, -0.05) is 0 Å². The molecule has 1 aromatic heterocycles. The lowest BCUT2D eigenvalue weighted by Crippen LogP contribution is -2.01. The van der Waals surface area contributed by atoms with Gasteiger partial charge in [-0.05, 0) is 12.8 Å². The molecule has 1 aliphatic rings. The molecule has 0 aromatic carbocycles. The Hall–Kier alpha value is -1.32. The lowest BCUT2D eigenvalue weighted by molar-refractivity contribution is -0.136. The molecule has 64 valence electrons. The third kappa shape index (κ3) is 1.47. The minimum absolute atomic E-state index is 0.00722. The van der Waals surface area contributed by atoms with Gasteiger partial charge >= 0.3 is 5.97 Å². The van der Waals surface area contributed by atoms with E-state index in [0.29, 0.717) is 11.7 Å². The van der Waals surface area contributed by atoms with Crippen molar-refractivity contribution in [3.63, 3.8) is 0 Å². The smallest absolute Gasteiger partial charge is 0.311 e. The summed E-state index contributed by atoms with van der Waals surface area (Å²) >= 11 is 0. The van der Waals surface area contributed by atoms with Crippen molar-refractivity contribution in [2.45, 2.75) is 25.2 Å². The molecular formula is C8H10N2O2. The van der Waals surface area contributed by atoms with E-state index in [1.54, 1.807) is 6.20 Å². The van der Waals surface area contributed by atoms with Gasteiger partial charge in [0.1, 0.15) is 12.2 Å². The molecule has 12 heavy (non-hydrogen) atoms. The molecule has 0 amide bonds. The number of hydrogen-bond donors (Lipinski definition) is 2. The summed E-state index contributed by atoms with van der Waals surface area (Å²) in [4.78, 5) is 17.3. The van der Waals surface area contributed by atoms with E-state index in [4.69, 9.17) is 5.11 Å². The van der Waals surface area contributed by atoms with Gasteiger partial charge in [0.05, 0.1) is 0 Å². The summed E-state index contributed by atoms with van der Waals surface area (Å²) in [7, 11) is 0. The summed E-state index contributed by atoms with van der Waals surface area (Å²) in [6.45, 7) is 0. The minimum atomic E-state index is -0.841. The lowest BCUT2D eigenvalue weighted by Gasteiger charge is -1.89. The molecule has 1 fully saturated rings. The molecule has 1 aromatic rings. The molecule has 1 aliphatic carbocycles. The third-order valence-electron chi connectivity index (χ3n) is 1.98. The highest BCUT2D eigenvalue weighted by atomic mass is 16.4. The third-order valence-corrected chi connectivity index (χ3v) is 1.98. The number of imidazole rings is 1. The first-order valence-corrected chi connectivity index (χ1v) is 4.01. The summed E-state index contributed by atoms with van der Waals surface area (Å²) < 4.78 is 0. The first kappa shape index (κ1) is 7.34. The topological polar surface area (TPSA) is 66.0 Å². The second-order valence-corrected chi connectivity index (χ2v) is 3.13. The van der Waals surface area contributed by atoms with E-state index in [0.717, 1.165) is 5.69 Å². The molecule has 0 spiro atoms. The van der Waals surface area contributed by atoms with Crippen LogP contribution in [0.1, 0.15) is 30.3 Å². The molecule has 0 bridgehead atoms. The SMILES string of the molecule is O=C(O)Cc1ncc(C2CC2)[nH]1. The monoisotopic (exact) mass is 166 g/mol. The fraction of sp³-hybridized carbons (Fsp3) is 0.500. The Bertz CT molecular complexity index is 302. The van der Waals surface area contributed by atoms with E-state index >= 15 is 0 Å². The largest absolute Gasteiger partial charge is 0.481 e. The molecule has 0 radical (unpaired) electrons. The van der Waals surface area contributed by atoms with Crippen LogP contribution in [0.3, 0.4) is 0 Å². The highest BCUT2D eigenvalue weighted by Crippen LogP contribution is 2.38. The summed E-state index contributed by atoms with van der Waals surface area (Å²) in [5.41, 5.74) is 1.09. The molecule has 1 saturated carbocycles. The molecule has 0 aliphatic heterocycles. The number of hydrogen-bond acceptors (Lipinski definition) is 2. The van der Waals surface area contributed by atoms with Crippen LogP contribution in [0.25, 0.3) is 0 Å². The van der Waals surface area contributed by atoms with Crippen molar-refractivity contribution < 1.29 is 9.90 Å². The zero-order chi connectivity index (χ0) is 8.55. The van der Waals surface area contributed by atoms with E-state index in [1.165, 1.54) is 12.8 Å². The van der Waals surface area contributed by atoms with Crippen LogP contribution >= 0.6 is 0 Å². The molecule has 0 saturated heterocycles. The maximum atomic E-state index is 10.3. The number of carboxylic acids is 1. The van der Waals surface area contributed by atoms with Crippen LogP contribution in [0, 0.1) is 0 Å². The van der Waals surface area contributed by atoms with Crippen molar-refractivity contribution in [2.75, 3.05) is 0 Å². The lowest BCUT2D eigenvalue weighted by atomic mass is 10.3. The normalized spacial score (nSPS) is 16.3. The summed E-state index contributed by atoms with van der Waals surface area (Å²) in [5, 5.41) is 8.47. The van der Waals surface area contributed by atoms with E-state index < -0.39 is 5.97 Å². The number of aromatic amines is 1. The Morgan fingerprint density at radius 1 is 1.75 bits per heavy atom. The first-order valence-electron chi connectivity index (χ1n) is 4.01. The number of rotatable bonds is 3. The molecule has 2 rings (SSSR count). The van der Waals surface area contributed by atoms with E-state index in [9.17, 15) is 4.79 Å². The highest BCUT2D eigenvalue weighted by Gasteiger charge is 2.25. The molecule has 4 heteroatoms. The maximum absolute atomic E-state index is 10.3. The number of aliphatic carboxylic acids is 1. The maximum Gasteiger partial charge on any atom is 0.311 e. The molecule has 4 nitrogen and oxygen atoms in total. The predicted octanol–water partition coefficient (Wildman–Crippen LogP) is 0.914. The Balaban J connectivity index is 2.07. The van der Waals surface area contributed by atoms with Crippen molar-refractivity contribution in [2.24, 2.45) is 0 Å². The number of aromatic nitrogens is 2. The van der Waals surface area contributed by atoms with Crippen molar-refractivity contribution in [3.8, 4) is 0 Å². The molecule has 2 N–H and O–H groups in total. The van der Waals surface area contributed by atoms with E-state index in [-0.39, 0.29) is 6.42 Å². The summed E-state index contributed by atoms with van der Waals surface area (Å²) in [6, 6.07) is 0. The summed E-state index contributed by atoms with van der Waals surface area (Å²) in [5.74, 6) is 0.330. The average Bonchev–Trinajstić information content (AvgIpc) is 2.73. The quantitative estimate of drug-likeness (QED) is 0.701. The van der Waals surface area contributed by atoms with E-state index in [1.807, 2.05) is 0 Å². The molecule has 0 atom stereocenters. The molecular weight excluding hydrogens is 156 g/mol. The Morgan fingerprint density at radius 3 is 3.08 bits per heavy atom. The second kappa shape index (κ2) is 2.62. The fourth-order valence-electron chi connectivity index (χ4n) is 1.21. The van der Waals surface area contributed by atoms with Gasteiger partial charge in [0.15, 0.2) is 0 Å². The van der Waals surface area contributed by atoms with Crippen LogP contribution in [0.4, 0.5) is 0 Å². The van der Waals surface area contributed by atoms with Gasteiger partial charge < -0.3 is 10.1 Å². The van der Waals surface area contributed by atoms with Gasteiger partial charge in [-0.25, -0.2) is 4.98 Å². The van der Waals surface area contributed by atoms with Gasteiger partial charge in [0.25, 0.3) is 0 Å². The van der Waals surface area contributed by atoms with Crippen LogP contribution < -0.4 is 0 Å². The predicted molar refractivity (Wildman–Crippen MR) is 41.9 cm³/mol. The standard InChI is InChI=1S/C8H10N2O2/c11-8(12)3-7-9-4-6(10-7)5-1-2-5/h4-5H,1-3H2,(H,9,10)(H,11,12). The number of carbonyl (C=O) groups is 1. The highest BCUT2D eigenvalue weighted by molar-refractivity contribution is 5.68. The van der Waals surface area contributed by atoms with Crippen molar-refractivity contribution in [1.82, 2.24) is 9.97 Å². The van der Waals surface area contributed by atoms with Gasteiger partial charge in [-0.15, -0.1) is 0 Å². The van der Waals surface area contributed by atoms with Gasteiger partial charge in [0, 0.05) is 17.8 Å². The van der Waals surface area contributed by atoms with Gasteiger partial charge in [-0.2, -0.15) is 0 Å².